The molecule has 3 rings (SSSR count). The van der Waals surface area contributed by atoms with E-state index in [1.165, 1.54) is 4.90 Å². The van der Waals surface area contributed by atoms with Gasteiger partial charge in [0.15, 0.2) is 0 Å². The van der Waals surface area contributed by atoms with Gasteiger partial charge in [0.05, 0.1) is 29.0 Å². The van der Waals surface area contributed by atoms with E-state index in [1.54, 1.807) is 54.6 Å². The Morgan fingerprint density at radius 1 is 1.10 bits per heavy atom. The molecular formula is C22H22ClF3N2O2. The fourth-order valence-corrected chi connectivity index (χ4v) is 3.82. The van der Waals surface area contributed by atoms with Crippen molar-refractivity contribution in [3.8, 4) is 0 Å². The zero-order valence-electron chi connectivity index (χ0n) is 16.2. The first-order valence-electron chi connectivity index (χ1n) is 9.70. The van der Waals surface area contributed by atoms with Gasteiger partial charge in [-0.15, -0.1) is 0 Å². The Balaban J connectivity index is 1.76. The fourth-order valence-electron chi connectivity index (χ4n) is 3.59. The van der Waals surface area contributed by atoms with Crippen LogP contribution in [0.15, 0.2) is 54.6 Å². The highest BCUT2D eigenvalue weighted by Crippen LogP contribution is 2.33. The normalized spacial score (nSPS) is 18.0. The minimum absolute atomic E-state index is 0.0264. The molecule has 0 aliphatic carbocycles. The first-order valence-corrected chi connectivity index (χ1v) is 10.1. The molecular weight excluding hydrogens is 417 g/mol. The second-order valence-corrected chi connectivity index (χ2v) is 7.75. The predicted octanol–water partition coefficient (Wildman–Crippen LogP) is 5.00. The molecule has 1 heterocycles. The molecule has 1 aliphatic rings. The summed E-state index contributed by atoms with van der Waals surface area (Å²) in [5.41, 5.74) is 0.957. The van der Waals surface area contributed by atoms with Crippen molar-refractivity contribution in [2.45, 2.75) is 31.5 Å². The van der Waals surface area contributed by atoms with Gasteiger partial charge < -0.3 is 10.2 Å². The molecule has 2 amide bonds. The highest BCUT2D eigenvalue weighted by Gasteiger charge is 2.42. The van der Waals surface area contributed by atoms with Gasteiger partial charge >= 0.3 is 6.18 Å². The molecule has 4 nitrogen and oxygen atoms in total. The molecule has 1 N–H and O–H groups in total. The van der Waals surface area contributed by atoms with Gasteiger partial charge in [0.25, 0.3) is 5.91 Å². The third-order valence-electron chi connectivity index (χ3n) is 5.24. The van der Waals surface area contributed by atoms with E-state index in [0.717, 1.165) is 0 Å². The SMILES string of the molecule is O=C(N[C@@H](CC(=O)N1CCC[C@H](C(F)(F)F)C1)c1ccccc1)c1ccccc1Cl. The largest absolute Gasteiger partial charge is 0.393 e. The Bertz CT molecular complexity index is 889. The number of nitrogens with one attached hydrogen (secondary N) is 1. The molecule has 2 aromatic carbocycles. The first-order chi connectivity index (χ1) is 14.3. The van der Waals surface area contributed by atoms with Gasteiger partial charge in [-0.2, -0.15) is 13.2 Å². The summed E-state index contributed by atoms with van der Waals surface area (Å²) in [5.74, 6) is -2.38. The number of amides is 2. The molecule has 1 saturated heterocycles. The zero-order valence-corrected chi connectivity index (χ0v) is 16.9. The summed E-state index contributed by atoms with van der Waals surface area (Å²) in [7, 11) is 0. The molecule has 2 atom stereocenters. The van der Waals surface area contributed by atoms with E-state index >= 15 is 0 Å². The third-order valence-corrected chi connectivity index (χ3v) is 5.57. The van der Waals surface area contributed by atoms with E-state index in [1.807, 2.05) is 0 Å². The molecule has 1 fully saturated rings. The second-order valence-electron chi connectivity index (χ2n) is 7.34. The lowest BCUT2D eigenvalue weighted by Gasteiger charge is -2.34. The molecule has 30 heavy (non-hydrogen) atoms. The van der Waals surface area contributed by atoms with Crippen LogP contribution in [-0.4, -0.2) is 36.0 Å². The number of hydrogen-bond donors (Lipinski definition) is 1. The maximum absolute atomic E-state index is 13.1. The van der Waals surface area contributed by atoms with Gasteiger partial charge in [0, 0.05) is 13.1 Å². The Morgan fingerprint density at radius 2 is 1.77 bits per heavy atom. The van der Waals surface area contributed by atoms with Crippen LogP contribution >= 0.6 is 11.6 Å². The molecule has 0 radical (unpaired) electrons. The van der Waals surface area contributed by atoms with Crippen molar-refractivity contribution in [2.24, 2.45) is 5.92 Å². The minimum atomic E-state index is -4.32. The van der Waals surface area contributed by atoms with E-state index in [0.29, 0.717) is 12.0 Å². The number of benzene rings is 2. The average Bonchev–Trinajstić information content (AvgIpc) is 2.73. The smallest absolute Gasteiger partial charge is 0.345 e. The van der Waals surface area contributed by atoms with Crippen molar-refractivity contribution < 1.29 is 22.8 Å². The van der Waals surface area contributed by atoms with E-state index in [9.17, 15) is 22.8 Å². The summed E-state index contributed by atoms with van der Waals surface area (Å²) in [6.07, 6.45) is -4.13. The number of piperidine rings is 1. The number of halogens is 4. The Morgan fingerprint density at radius 3 is 2.43 bits per heavy atom. The first kappa shape index (κ1) is 22.2. The van der Waals surface area contributed by atoms with Crippen molar-refractivity contribution >= 4 is 23.4 Å². The van der Waals surface area contributed by atoms with Crippen LogP contribution in [0.2, 0.25) is 5.02 Å². The maximum atomic E-state index is 13.1. The minimum Gasteiger partial charge on any atom is -0.345 e. The maximum Gasteiger partial charge on any atom is 0.393 e. The molecule has 1 aliphatic heterocycles. The molecule has 8 heteroatoms. The molecule has 0 bridgehead atoms. The van der Waals surface area contributed by atoms with Crippen LogP contribution in [0.25, 0.3) is 0 Å². The quantitative estimate of drug-likeness (QED) is 0.714. The lowest BCUT2D eigenvalue weighted by Crippen LogP contribution is -2.45. The van der Waals surface area contributed by atoms with E-state index in [4.69, 9.17) is 11.6 Å². The number of nitrogens with zero attached hydrogens (tertiary/aromatic N) is 1. The van der Waals surface area contributed by atoms with Crippen molar-refractivity contribution in [1.82, 2.24) is 10.2 Å². The predicted molar refractivity (Wildman–Crippen MR) is 108 cm³/mol. The molecule has 0 spiro atoms. The molecule has 0 unspecified atom stereocenters. The summed E-state index contributed by atoms with van der Waals surface area (Å²) < 4.78 is 39.3. The fraction of sp³-hybridized carbons (Fsp3) is 0.364. The van der Waals surface area contributed by atoms with Crippen molar-refractivity contribution in [2.75, 3.05) is 13.1 Å². The average molecular weight is 439 g/mol. The van der Waals surface area contributed by atoms with Gasteiger partial charge in [-0.05, 0) is 30.5 Å². The lowest BCUT2D eigenvalue weighted by atomic mass is 9.96. The second kappa shape index (κ2) is 9.51. The molecule has 2 aromatic rings. The highest BCUT2D eigenvalue weighted by molar-refractivity contribution is 6.33. The Hall–Kier alpha value is -2.54. The summed E-state index contributed by atoms with van der Waals surface area (Å²) >= 11 is 6.09. The Labute approximate surface area is 178 Å². The number of carbonyl (C=O) groups excluding carboxylic acids is 2. The number of likely N-dealkylation sites (tertiary alicyclic amines) is 1. The van der Waals surface area contributed by atoms with Gasteiger partial charge in [0.2, 0.25) is 5.91 Å². The number of alkyl halides is 3. The van der Waals surface area contributed by atoms with E-state index < -0.39 is 30.0 Å². The van der Waals surface area contributed by atoms with Crippen LogP contribution in [0, 0.1) is 5.92 Å². The van der Waals surface area contributed by atoms with Crippen LogP contribution < -0.4 is 5.32 Å². The molecule has 160 valence electrons. The van der Waals surface area contributed by atoms with Crippen molar-refractivity contribution in [3.63, 3.8) is 0 Å². The molecule has 0 aromatic heterocycles. The van der Waals surface area contributed by atoms with Gasteiger partial charge in [0.1, 0.15) is 0 Å². The van der Waals surface area contributed by atoms with Crippen LogP contribution in [0.3, 0.4) is 0 Å². The topological polar surface area (TPSA) is 49.4 Å². The number of rotatable bonds is 5. The number of carbonyl (C=O) groups is 2. The highest BCUT2D eigenvalue weighted by atomic mass is 35.5. The molecule has 0 saturated carbocycles. The summed E-state index contributed by atoms with van der Waals surface area (Å²) in [6.45, 7) is -0.0618. The van der Waals surface area contributed by atoms with Gasteiger partial charge in [-0.25, -0.2) is 0 Å². The van der Waals surface area contributed by atoms with Gasteiger partial charge in [-0.1, -0.05) is 54.1 Å². The summed E-state index contributed by atoms with van der Waals surface area (Å²) in [5, 5.41) is 3.08. The Kier molecular flexibility index (Phi) is 7.02. The lowest BCUT2D eigenvalue weighted by molar-refractivity contribution is -0.188. The van der Waals surface area contributed by atoms with Gasteiger partial charge in [-0.3, -0.25) is 9.59 Å². The third kappa shape index (κ3) is 5.53. The van der Waals surface area contributed by atoms with Crippen LogP contribution in [0.5, 0.6) is 0 Å². The van der Waals surface area contributed by atoms with Crippen LogP contribution in [0.4, 0.5) is 13.2 Å². The number of hydrogen-bond acceptors (Lipinski definition) is 2. The van der Waals surface area contributed by atoms with E-state index in [2.05, 4.69) is 5.32 Å². The van der Waals surface area contributed by atoms with Crippen molar-refractivity contribution in [3.05, 3.63) is 70.7 Å². The van der Waals surface area contributed by atoms with Crippen molar-refractivity contribution in [1.29, 1.82) is 0 Å². The zero-order chi connectivity index (χ0) is 21.7. The van der Waals surface area contributed by atoms with E-state index in [-0.39, 0.29) is 36.5 Å². The standard InChI is InChI=1S/C22H22ClF3N2O2/c23-18-11-5-4-10-17(18)21(30)27-19(15-7-2-1-3-8-15)13-20(29)28-12-6-9-16(14-28)22(24,25)26/h1-5,7-8,10-11,16,19H,6,9,12-14H2,(H,27,30)/t16-,19-/m0/s1. The summed E-state index contributed by atoms with van der Waals surface area (Å²) in [6, 6.07) is 14.7. The van der Waals surface area contributed by atoms with Crippen LogP contribution in [0.1, 0.15) is 41.2 Å². The summed E-state index contributed by atoms with van der Waals surface area (Å²) in [4.78, 5) is 26.8. The monoisotopic (exact) mass is 438 g/mol. The van der Waals surface area contributed by atoms with Crippen LogP contribution in [-0.2, 0) is 4.79 Å².